The molecule has 5 rings (SSSR count). The van der Waals surface area contributed by atoms with E-state index in [-0.39, 0.29) is 0 Å². The number of aromatic nitrogens is 2. The highest BCUT2D eigenvalue weighted by molar-refractivity contribution is 7.98. The minimum Gasteiger partial charge on any atom is -0.439 e. The topological polar surface area (TPSA) is 85.8 Å². The highest BCUT2D eigenvalue weighted by Gasteiger charge is 2.19. The second-order valence-electron chi connectivity index (χ2n) is 7.72. The zero-order chi connectivity index (χ0) is 21.2. The van der Waals surface area contributed by atoms with Crippen molar-refractivity contribution in [3.05, 3.63) is 70.8 Å². The highest BCUT2D eigenvalue weighted by Crippen LogP contribution is 2.27. The molecule has 0 atom stereocenters. The van der Waals surface area contributed by atoms with Crippen LogP contribution in [0.1, 0.15) is 35.1 Å². The maximum Gasteiger partial charge on any atom is 0.225 e. The predicted octanol–water partition coefficient (Wildman–Crippen LogP) is 4.85. The number of nitrogens with two attached hydrogens (primary N) is 1. The third kappa shape index (κ3) is 4.32. The van der Waals surface area contributed by atoms with E-state index in [2.05, 4.69) is 38.4 Å². The lowest BCUT2D eigenvalue weighted by molar-refractivity contribution is 0.456. The zero-order valence-corrected chi connectivity index (χ0v) is 18.2. The summed E-state index contributed by atoms with van der Waals surface area (Å²) in [6, 6.07) is 16.1. The fourth-order valence-corrected chi connectivity index (χ4v) is 4.52. The van der Waals surface area contributed by atoms with Gasteiger partial charge in [0.15, 0.2) is 5.16 Å². The monoisotopic (exact) mass is 429 g/mol. The van der Waals surface area contributed by atoms with Gasteiger partial charge in [0.1, 0.15) is 11.6 Å². The van der Waals surface area contributed by atoms with Crippen molar-refractivity contribution in [2.75, 3.05) is 12.0 Å². The fourth-order valence-electron chi connectivity index (χ4n) is 4.14. The predicted molar refractivity (Wildman–Crippen MR) is 126 cm³/mol. The molecule has 2 heterocycles. The Labute approximate surface area is 185 Å². The van der Waals surface area contributed by atoms with Crippen LogP contribution in [0, 0.1) is 0 Å². The molecule has 2 aromatic carbocycles. The molecule has 2 N–H and O–H groups in total. The zero-order valence-electron chi connectivity index (χ0n) is 17.3. The number of hydrogen-bond acceptors (Lipinski definition) is 7. The summed E-state index contributed by atoms with van der Waals surface area (Å²) in [5, 5.41) is 9.51. The van der Waals surface area contributed by atoms with E-state index >= 15 is 0 Å². The SMILES string of the molecule is CSc1nc(N)cc(Oc2ccc(C3=NN=C(Cc4cccc5c4CCC5)C3)cc2)n1. The summed E-state index contributed by atoms with van der Waals surface area (Å²) < 4.78 is 5.85. The number of nitrogens with zero attached hydrogens (tertiary/aromatic N) is 4. The van der Waals surface area contributed by atoms with Crippen molar-refractivity contribution in [3.8, 4) is 11.6 Å². The van der Waals surface area contributed by atoms with Crippen molar-refractivity contribution in [1.82, 2.24) is 9.97 Å². The summed E-state index contributed by atoms with van der Waals surface area (Å²) >= 11 is 1.42. The van der Waals surface area contributed by atoms with Crippen LogP contribution < -0.4 is 10.5 Å². The molecule has 3 aromatic rings. The van der Waals surface area contributed by atoms with Crippen LogP contribution in [0.2, 0.25) is 0 Å². The number of rotatable bonds is 6. The Morgan fingerprint density at radius 2 is 1.90 bits per heavy atom. The molecule has 31 heavy (non-hydrogen) atoms. The van der Waals surface area contributed by atoms with E-state index in [4.69, 9.17) is 10.5 Å². The quantitative estimate of drug-likeness (QED) is 0.447. The molecular formula is C24H23N5OS. The molecule has 0 saturated carbocycles. The van der Waals surface area contributed by atoms with E-state index in [9.17, 15) is 0 Å². The van der Waals surface area contributed by atoms with Gasteiger partial charge in [-0.3, -0.25) is 0 Å². The first kappa shape index (κ1) is 19.8. The second kappa shape index (κ2) is 8.51. The molecule has 0 saturated heterocycles. The molecule has 0 unspecified atom stereocenters. The average molecular weight is 430 g/mol. The van der Waals surface area contributed by atoms with Crippen molar-refractivity contribution in [1.29, 1.82) is 0 Å². The lowest BCUT2D eigenvalue weighted by Gasteiger charge is -2.09. The summed E-state index contributed by atoms with van der Waals surface area (Å²) in [4.78, 5) is 8.47. The van der Waals surface area contributed by atoms with Gasteiger partial charge in [-0.25, -0.2) is 4.98 Å². The Morgan fingerprint density at radius 1 is 1.03 bits per heavy atom. The van der Waals surface area contributed by atoms with Gasteiger partial charge in [-0.15, -0.1) is 0 Å². The van der Waals surface area contributed by atoms with Gasteiger partial charge >= 0.3 is 0 Å². The molecule has 2 aliphatic rings. The molecule has 156 valence electrons. The van der Waals surface area contributed by atoms with E-state index in [1.807, 2.05) is 30.5 Å². The molecule has 1 aromatic heterocycles. The van der Waals surface area contributed by atoms with Gasteiger partial charge in [-0.2, -0.15) is 15.2 Å². The van der Waals surface area contributed by atoms with Gasteiger partial charge in [0.05, 0.1) is 11.4 Å². The van der Waals surface area contributed by atoms with Gasteiger partial charge in [0.25, 0.3) is 0 Å². The average Bonchev–Trinajstić information content (AvgIpc) is 3.44. The van der Waals surface area contributed by atoms with Gasteiger partial charge in [-0.05, 0) is 72.0 Å². The number of benzene rings is 2. The van der Waals surface area contributed by atoms with Gasteiger partial charge in [0, 0.05) is 18.9 Å². The van der Waals surface area contributed by atoms with Crippen LogP contribution in [0.5, 0.6) is 11.6 Å². The summed E-state index contributed by atoms with van der Waals surface area (Å²) in [7, 11) is 0. The maximum absolute atomic E-state index is 5.85. The number of hydrogen-bond donors (Lipinski definition) is 1. The standard InChI is InChI=1S/C24H23N5OS/c1-31-24-26-22(25)14-23(27-24)30-19-10-8-16(9-11-19)21-13-18(28-29-21)12-17-6-2-4-15-5-3-7-20(15)17/h2,4,6,8-11,14H,3,5,7,12-13H2,1H3,(H2,25,26,27). The van der Waals surface area contributed by atoms with Crippen molar-refractivity contribution in [2.45, 2.75) is 37.3 Å². The normalized spacial score (nSPS) is 14.9. The maximum atomic E-state index is 5.85. The summed E-state index contributed by atoms with van der Waals surface area (Å²) in [5.74, 6) is 1.51. The fraction of sp³-hybridized carbons (Fsp3) is 0.250. The Hall–Kier alpha value is -3.19. The molecule has 0 fully saturated rings. The van der Waals surface area contributed by atoms with Crippen LogP contribution in [-0.4, -0.2) is 27.6 Å². The number of ether oxygens (including phenoxy) is 1. The third-order valence-electron chi connectivity index (χ3n) is 5.62. The second-order valence-corrected chi connectivity index (χ2v) is 8.49. The third-order valence-corrected chi connectivity index (χ3v) is 6.16. The minimum atomic E-state index is 0.389. The molecule has 0 amide bonds. The summed E-state index contributed by atoms with van der Waals surface area (Å²) in [5.41, 5.74) is 13.4. The first-order valence-corrected chi connectivity index (χ1v) is 11.6. The molecular weight excluding hydrogens is 406 g/mol. The van der Waals surface area contributed by atoms with E-state index < -0.39 is 0 Å². The van der Waals surface area contributed by atoms with Gasteiger partial charge in [0.2, 0.25) is 5.88 Å². The van der Waals surface area contributed by atoms with Gasteiger partial charge in [-0.1, -0.05) is 30.0 Å². The lowest BCUT2D eigenvalue weighted by atomic mass is 9.96. The molecule has 1 aliphatic carbocycles. The molecule has 1 aliphatic heterocycles. The molecule has 0 radical (unpaired) electrons. The van der Waals surface area contributed by atoms with E-state index in [1.54, 1.807) is 6.07 Å². The van der Waals surface area contributed by atoms with Crippen molar-refractivity contribution < 1.29 is 4.74 Å². The smallest absolute Gasteiger partial charge is 0.225 e. The largest absolute Gasteiger partial charge is 0.439 e. The number of aryl methyl sites for hydroxylation is 1. The first-order chi connectivity index (χ1) is 15.2. The Bertz CT molecular complexity index is 1190. The van der Waals surface area contributed by atoms with Crippen LogP contribution in [-0.2, 0) is 19.3 Å². The Kier molecular flexibility index (Phi) is 5.42. The van der Waals surface area contributed by atoms with Crippen molar-refractivity contribution >= 4 is 29.0 Å². The van der Waals surface area contributed by atoms with E-state index in [1.165, 1.54) is 47.7 Å². The van der Waals surface area contributed by atoms with Gasteiger partial charge < -0.3 is 10.5 Å². The van der Waals surface area contributed by atoms with E-state index in [0.717, 1.165) is 29.8 Å². The van der Waals surface area contributed by atoms with Crippen LogP contribution >= 0.6 is 11.8 Å². The van der Waals surface area contributed by atoms with E-state index in [0.29, 0.717) is 22.6 Å². The summed E-state index contributed by atoms with van der Waals surface area (Å²) in [6.45, 7) is 0. The van der Waals surface area contributed by atoms with Crippen LogP contribution in [0.25, 0.3) is 0 Å². The number of nitrogen functional groups attached to an aromatic ring is 1. The van der Waals surface area contributed by atoms with Crippen LogP contribution in [0.4, 0.5) is 5.82 Å². The van der Waals surface area contributed by atoms with Crippen molar-refractivity contribution in [2.24, 2.45) is 10.2 Å². The highest BCUT2D eigenvalue weighted by atomic mass is 32.2. The minimum absolute atomic E-state index is 0.389. The van der Waals surface area contributed by atoms with Crippen LogP contribution in [0.3, 0.4) is 0 Å². The number of fused-ring (bicyclic) bond motifs is 1. The molecule has 7 heteroatoms. The van der Waals surface area contributed by atoms with Crippen LogP contribution in [0.15, 0.2) is 63.9 Å². The Morgan fingerprint density at radius 3 is 2.74 bits per heavy atom. The number of thioether (sulfide) groups is 1. The lowest BCUT2D eigenvalue weighted by Crippen LogP contribution is -2.08. The van der Waals surface area contributed by atoms with Crippen molar-refractivity contribution in [3.63, 3.8) is 0 Å². The Balaban J connectivity index is 1.23. The molecule has 0 bridgehead atoms. The molecule has 6 nitrogen and oxygen atoms in total. The summed E-state index contributed by atoms with van der Waals surface area (Å²) in [6.07, 6.45) is 7.20. The molecule has 0 spiro atoms. The number of anilines is 1. The first-order valence-electron chi connectivity index (χ1n) is 10.4.